The molecular weight excluding hydrogens is 264 g/mol. The summed E-state index contributed by atoms with van der Waals surface area (Å²) in [6, 6.07) is -1.16. The van der Waals surface area contributed by atoms with Crippen LogP contribution in [0.3, 0.4) is 0 Å². The average Bonchev–Trinajstić information content (AvgIpc) is 3.01. The van der Waals surface area contributed by atoms with Gasteiger partial charge in [0.05, 0.1) is 6.10 Å². The Morgan fingerprint density at radius 2 is 2.00 bits per heavy atom. The number of carboxylic acids is 1. The number of hydrogen-bond acceptors (Lipinski definition) is 4. The molecular formula is C13H22N2O5. The van der Waals surface area contributed by atoms with Crippen LogP contribution in [0.2, 0.25) is 0 Å². The fourth-order valence-electron chi connectivity index (χ4n) is 3.14. The molecule has 20 heavy (non-hydrogen) atoms. The van der Waals surface area contributed by atoms with E-state index < -0.39 is 18.1 Å². The molecule has 0 radical (unpaired) electrons. The van der Waals surface area contributed by atoms with E-state index in [0.29, 0.717) is 13.0 Å². The molecule has 2 aliphatic rings. The van der Waals surface area contributed by atoms with Gasteiger partial charge in [-0.15, -0.1) is 0 Å². The molecule has 0 saturated carbocycles. The second-order valence-corrected chi connectivity index (χ2v) is 5.53. The lowest BCUT2D eigenvalue weighted by Gasteiger charge is -2.31. The minimum atomic E-state index is -1.07. The topological polar surface area (TPSA) is 101 Å². The number of carboxylic acid groups (broad SMARTS) is 1. The number of hydrogen-bond donors (Lipinski definition) is 3. The van der Waals surface area contributed by atoms with Gasteiger partial charge in [-0.1, -0.05) is 0 Å². The second-order valence-electron chi connectivity index (χ2n) is 5.53. The van der Waals surface area contributed by atoms with Crippen molar-refractivity contribution >= 4 is 12.0 Å². The highest BCUT2D eigenvalue weighted by Crippen LogP contribution is 2.26. The number of amides is 2. The first-order valence-corrected chi connectivity index (χ1v) is 7.13. The summed E-state index contributed by atoms with van der Waals surface area (Å²) in [5, 5.41) is 27.6. The minimum absolute atomic E-state index is 0.0711. The van der Waals surface area contributed by atoms with Gasteiger partial charge in [-0.25, -0.2) is 9.59 Å². The van der Waals surface area contributed by atoms with Crippen LogP contribution in [-0.2, 0) is 4.79 Å². The van der Waals surface area contributed by atoms with Crippen LogP contribution in [0.1, 0.15) is 32.1 Å². The summed E-state index contributed by atoms with van der Waals surface area (Å²) in [6.45, 7) is 0.797. The first-order chi connectivity index (χ1) is 9.54. The first kappa shape index (κ1) is 15.1. The molecule has 2 rings (SSSR count). The number of carbonyl (C=O) groups is 2. The maximum atomic E-state index is 12.5. The van der Waals surface area contributed by atoms with E-state index in [-0.39, 0.29) is 31.6 Å². The molecule has 114 valence electrons. The summed E-state index contributed by atoms with van der Waals surface area (Å²) in [6.07, 6.45) is 2.49. The number of rotatable bonds is 4. The van der Waals surface area contributed by atoms with E-state index >= 15 is 0 Å². The molecule has 2 saturated heterocycles. The van der Waals surface area contributed by atoms with Gasteiger partial charge in [0.15, 0.2) is 0 Å². The molecule has 0 aliphatic carbocycles. The summed E-state index contributed by atoms with van der Waals surface area (Å²) in [5.41, 5.74) is 0. The van der Waals surface area contributed by atoms with Crippen molar-refractivity contribution in [2.45, 2.75) is 50.3 Å². The molecule has 1 unspecified atom stereocenters. The van der Waals surface area contributed by atoms with E-state index in [1.807, 2.05) is 0 Å². The molecule has 0 aromatic rings. The Hall–Kier alpha value is -1.34. The Labute approximate surface area is 117 Å². The summed E-state index contributed by atoms with van der Waals surface area (Å²) < 4.78 is 0. The summed E-state index contributed by atoms with van der Waals surface area (Å²) in [7, 11) is 0. The zero-order valence-electron chi connectivity index (χ0n) is 11.4. The van der Waals surface area contributed by atoms with E-state index in [4.69, 9.17) is 10.2 Å². The highest BCUT2D eigenvalue weighted by molar-refractivity contribution is 5.83. The monoisotopic (exact) mass is 286 g/mol. The van der Waals surface area contributed by atoms with Gasteiger partial charge in [-0.3, -0.25) is 0 Å². The van der Waals surface area contributed by atoms with Crippen LogP contribution in [0.25, 0.3) is 0 Å². The maximum absolute atomic E-state index is 12.5. The van der Waals surface area contributed by atoms with Crippen LogP contribution in [0.5, 0.6) is 0 Å². The van der Waals surface area contributed by atoms with E-state index in [0.717, 1.165) is 19.3 Å². The lowest BCUT2D eigenvalue weighted by atomic mass is 10.1. The predicted octanol–water partition coefficient (Wildman–Crippen LogP) is -0.137. The zero-order chi connectivity index (χ0) is 14.7. The van der Waals surface area contributed by atoms with Crippen molar-refractivity contribution in [2.24, 2.45) is 0 Å². The van der Waals surface area contributed by atoms with E-state index in [2.05, 4.69) is 0 Å². The Kier molecular flexibility index (Phi) is 4.82. The molecule has 0 spiro atoms. The lowest BCUT2D eigenvalue weighted by Crippen LogP contribution is -2.49. The molecule has 7 nitrogen and oxygen atoms in total. The van der Waals surface area contributed by atoms with Gasteiger partial charge in [0.25, 0.3) is 0 Å². The largest absolute Gasteiger partial charge is 0.480 e. The van der Waals surface area contributed by atoms with Crippen LogP contribution < -0.4 is 0 Å². The lowest BCUT2D eigenvalue weighted by molar-refractivity contribution is -0.141. The molecule has 2 fully saturated rings. The number of carbonyl (C=O) groups excluding carboxylic acids is 1. The maximum Gasteiger partial charge on any atom is 0.326 e. The number of aliphatic hydroxyl groups is 2. The van der Waals surface area contributed by atoms with Crippen molar-refractivity contribution in [1.82, 2.24) is 9.80 Å². The number of β-amino-alcohol motifs (C(OH)–C–C–N with tert-alkyl or cyclic N) is 1. The normalized spacial score (nSPS) is 30.0. The van der Waals surface area contributed by atoms with Crippen molar-refractivity contribution in [3.8, 4) is 0 Å². The van der Waals surface area contributed by atoms with Gasteiger partial charge in [-0.05, 0) is 25.7 Å². The highest BCUT2D eigenvalue weighted by atomic mass is 16.4. The fourth-order valence-corrected chi connectivity index (χ4v) is 3.14. The molecule has 3 N–H and O–H groups in total. The van der Waals surface area contributed by atoms with E-state index in [9.17, 15) is 14.7 Å². The van der Waals surface area contributed by atoms with Crippen molar-refractivity contribution in [2.75, 3.05) is 19.7 Å². The standard InChI is InChI=1S/C13H22N2O5/c16-6-2-4-9-3-1-5-14(9)13(20)15-8-10(17)7-11(15)12(18)19/h9-11,16-17H,1-8H2,(H,18,19)/t9?,10-,11-/m0/s1. The summed E-state index contributed by atoms with van der Waals surface area (Å²) >= 11 is 0. The SMILES string of the molecule is O=C(O)[C@@H]1C[C@H](O)CN1C(=O)N1CCCC1CCCO. The van der Waals surface area contributed by atoms with Gasteiger partial charge < -0.3 is 25.1 Å². The Morgan fingerprint density at radius 3 is 2.65 bits per heavy atom. The molecule has 2 amide bonds. The number of nitrogens with zero attached hydrogens (tertiary/aromatic N) is 2. The molecule has 0 aromatic heterocycles. The third-order valence-corrected chi connectivity index (χ3v) is 4.13. The molecule has 2 aliphatic heterocycles. The average molecular weight is 286 g/mol. The summed E-state index contributed by atoms with van der Waals surface area (Å²) in [4.78, 5) is 26.6. The van der Waals surface area contributed by atoms with Gasteiger partial charge in [0, 0.05) is 32.2 Å². The third kappa shape index (κ3) is 3.04. The Morgan fingerprint density at radius 1 is 1.25 bits per heavy atom. The number of urea groups is 1. The van der Waals surface area contributed by atoms with Gasteiger partial charge in [-0.2, -0.15) is 0 Å². The quantitative estimate of drug-likeness (QED) is 0.668. The Balaban J connectivity index is 2.03. The van der Waals surface area contributed by atoms with Crippen molar-refractivity contribution < 1.29 is 24.9 Å². The molecule has 7 heteroatoms. The molecule has 0 aromatic carbocycles. The van der Waals surface area contributed by atoms with Crippen molar-refractivity contribution in [3.05, 3.63) is 0 Å². The van der Waals surface area contributed by atoms with Crippen LogP contribution in [-0.4, -0.2) is 75.0 Å². The van der Waals surface area contributed by atoms with Crippen LogP contribution >= 0.6 is 0 Å². The van der Waals surface area contributed by atoms with Gasteiger partial charge in [0.2, 0.25) is 0 Å². The third-order valence-electron chi connectivity index (χ3n) is 4.13. The number of likely N-dealkylation sites (tertiary alicyclic amines) is 2. The zero-order valence-corrected chi connectivity index (χ0v) is 11.4. The minimum Gasteiger partial charge on any atom is -0.480 e. The number of aliphatic carboxylic acids is 1. The van der Waals surface area contributed by atoms with Crippen LogP contribution in [0.4, 0.5) is 4.79 Å². The highest BCUT2D eigenvalue weighted by Gasteiger charge is 2.42. The van der Waals surface area contributed by atoms with E-state index in [1.54, 1.807) is 4.90 Å². The number of aliphatic hydroxyl groups excluding tert-OH is 2. The van der Waals surface area contributed by atoms with E-state index in [1.165, 1.54) is 4.90 Å². The molecule has 0 bridgehead atoms. The summed E-state index contributed by atoms with van der Waals surface area (Å²) in [5.74, 6) is -1.07. The molecule has 2 heterocycles. The molecule has 3 atom stereocenters. The van der Waals surface area contributed by atoms with Gasteiger partial charge in [0.1, 0.15) is 6.04 Å². The van der Waals surface area contributed by atoms with Crippen LogP contribution in [0.15, 0.2) is 0 Å². The first-order valence-electron chi connectivity index (χ1n) is 7.13. The Bertz CT molecular complexity index is 376. The van der Waals surface area contributed by atoms with Crippen LogP contribution in [0, 0.1) is 0 Å². The van der Waals surface area contributed by atoms with Crippen molar-refractivity contribution in [1.29, 1.82) is 0 Å². The second kappa shape index (κ2) is 6.41. The fraction of sp³-hybridized carbons (Fsp3) is 0.846. The van der Waals surface area contributed by atoms with Crippen molar-refractivity contribution in [3.63, 3.8) is 0 Å². The van der Waals surface area contributed by atoms with Gasteiger partial charge >= 0.3 is 12.0 Å². The smallest absolute Gasteiger partial charge is 0.326 e. The predicted molar refractivity (Wildman–Crippen MR) is 70.2 cm³/mol.